The number of benzene rings is 1. The normalized spacial score (nSPS) is 10.1. The molecule has 0 fully saturated rings. The van der Waals surface area contributed by atoms with Crippen molar-refractivity contribution in [1.29, 1.82) is 0 Å². The third-order valence-electron chi connectivity index (χ3n) is 2.13. The van der Waals surface area contributed by atoms with Crippen LogP contribution in [0, 0.1) is 0 Å². The largest absolute Gasteiger partial charge is 0.507 e. The molecule has 1 amide bonds. The molecule has 0 unspecified atom stereocenters. The van der Waals surface area contributed by atoms with E-state index >= 15 is 0 Å². The van der Waals surface area contributed by atoms with Crippen LogP contribution in [0.4, 0.5) is 5.82 Å². The van der Waals surface area contributed by atoms with Crippen LogP contribution in [-0.4, -0.2) is 21.0 Å². The summed E-state index contributed by atoms with van der Waals surface area (Å²) in [6.07, 6.45) is 1.18. The number of para-hydroxylation sites is 1. The lowest BCUT2D eigenvalue weighted by Gasteiger charge is -2.07. The van der Waals surface area contributed by atoms with Crippen molar-refractivity contribution in [3.63, 3.8) is 0 Å². The molecule has 0 radical (unpaired) electrons. The fourth-order valence-corrected chi connectivity index (χ4v) is 1.55. The van der Waals surface area contributed by atoms with E-state index in [0.29, 0.717) is 0 Å². The summed E-state index contributed by atoms with van der Waals surface area (Å²) < 4.78 is 0. The van der Waals surface area contributed by atoms with Crippen molar-refractivity contribution in [2.45, 2.75) is 0 Å². The summed E-state index contributed by atoms with van der Waals surface area (Å²) in [4.78, 5) is 19.3. The van der Waals surface area contributed by atoms with Crippen LogP contribution < -0.4 is 5.32 Å². The highest BCUT2D eigenvalue weighted by molar-refractivity contribution is 6.43. The van der Waals surface area contributed by atoms with Crippen molar-refractivity contribution in [2.24, 2.45) is 0 Å². The maximum Gasteiger partial charge on any atom is 0.260 e. The number of hydrogen-bond donors (Lipinski definition) is 2. The monoisotopic (exact) mass is 283 g/mol. The van der Waals surface area contributed by atoms with Gasteiger partial charge in [0.15, 0.2) is 11.0 Å². The second kappa shape index (κ2) is 5.20. The van der Waals surface area contributed by atoms with E-state index < -0.39 is 5.91 Å². The van der Waals surface area contributed by atoms with Gasteiger partial charge in [-0.1, -0.05) is 35.3 Å². The van der Waals surface area contributed by atoms with Crippen molar-refractivity contribution in [1.82, 2.24) is 9.97 Å². The molecular weight excluding hydrogens is 277 g/mol. The zero-order chi connectivity index (χ0) is 13.1. The Morgan fingerprint density at radius 2 is 1.94 bits per heavy atom. The van der Waals surface area contributed by atoms with Crippen molar-refractivity contribution < 1.29 is 9.90 Å². The molecule has 7 heteroatoms. The molecule has 1 aromatic carbocycles. The van der Waals surface area contributed by atoms with E-state index in [2.05, 4.69) is 15.3 Å². The molecule has 0 bridgehead atoms. The highest BCUT2D eigenvalue weighted by Gasteiger charge is 2.14. The lowest BCUT2D eigenvalue weighted by molar-refractivity contribution is 0.102. The highest BCUT2D eigenvalue weighted by Crippen LogP contribution is 2.26. The smallest absolute Gasteiger partial charge is 0.260 e. The van der Waals surface area contributed by atoms with Gasteiger partial charge in [-0.2, -0.15) is 0 Å². The van der Waals surface area contributed by atoms with Gasteiger partial charge in [0.2, 0.25) is 0 Å². The number of rotatable bonds is 2. The maximum atomic E-state index is 11.9. The molecule has 1 aromatic heterocycles. The van der Waals surface area contributed by atoms with Gasteiger partial charge in [0.05, 0.1) is 5.56 Å². The molecule has 2 aromatic rings. The van der Waals surface area contributed by atoms with Crippen LogP contribution in [0.3, 0.4) is 0 Å². The number of halogens is 2. The minimum absolute atomic E-state index is 0.0410. The van der Waals surface area contributed by atoms with Gasteiger partial charge in [0.25, 0.3) is 5.91 Å². The van der Waals surface area contributed by atoms with E-state index in [4.69, 9.17) is 23.2 Å². The number of aromatic hydroxyl groups is 1. The van der Waals surface area contributed by atoms with E-state index in [1.54, 1.807) is 12.1 Å². The lowest BCUT2D eigenvalue weighted by atomic mass is 10.2. The van der Waals surface area contributed by atoms with Gasteiger partial charge in [-0.3, -0.25) is 4.79 Å². The zero-order valence-electron chi connectivity index (χ0n) is 8.89. The van der Waals surface area contributed by atoms with E-state index in [-0.39, 0.29) is 27.3 Å². The number of phenols is 1. The number of hydrogen-bond acceptors (Lipinski definition) is 4. The molecule has 1 heterocycles. The second-order valence-electron chi connectivity index (χ2n) is 3.30. The topological polar surface area (TPSA) is 75.1 Å². The van der Waals surface area contributed by atoms with Gasteiger partial charge >= 0.3 is 0 Å². The zero-order valence-corrected chi connectivity index (χ0v) is 10.4. The number of amides is 1. The number of anilines is 1. The van der Waals surface area contributed by atoms with Crippen LogP contribution in [0.5, 0.6) is 5.75 Å². The Bertz CT molecular complexity index is 605. The van der Waals surface area contributed by atoms with Crippen LogP contribution in [-0.2, 0) is 0 Å². The molecule has 92 valence electrons. The third kappa shape index (κ3) is 2.52. The Hall–Kier alpha value is -1.85. The quantitative estimate of drug-likeness (QED) is 0.831. The van der Waals surface area contributed by atoms with Crippen LogP contribution >= 0.6 is 23.2 Å². The average Bonchev–Trinajstić information content (AvgIpc) is 2.35. The van der Waals surface area contributed by atoms with Gasteiger partial charge in [-0.15, -0.1) is 0 Å². The molecule has 0 atom stereocenters. The molecule has 0 aliphatic carbocycles. The Balaban J connectivity index is 2.27. The molecule has 0 aliphatic heterocycles. The van der Waals surface area contributed by atoms with Crippen LogP contribution in [0.15, 0.2) is 30.6 Å². The first-order valence-electron chi connectivity index (χ1n) is 4.85. The summed E-state index contributed by atoms with van der Waals surface area (Å²) in [7, 11) is 0. The Morgan fingerprint density at radius 3 is 2.67 bits per heavy atom. The number of carbonyl (C=O) groups is 1. The van der Waals surface area contributed by atoms with Crippen molar-refractivity contribution in [3.05, 3.63) is 46.3 Å². The van der Waals surface area contributed by atoms with E-state index in [1.165, 1.54) is 18.5 Å². The first-order chi connectivity index (χ1) is 8.59. The van der Waals surface area contributed by atoms with Gasteiger partial charge in [0.1, 0.15) is 17.1 Å². The summed E-state index contributed by atoms with van der Waals surface area (Å²) in [6, 6.07) is 6.12. The molecule has 0 saturated carbocycles. The van der Waals surface area contributed by atoms with Gasteiger partial charge < -0.3 is 10.4 Å². The second-order valence-corrected chi connectivity index (χ2v) is 4.03. The van der Waals surface area contributed by atoms with Gasteiger partial charge in [0, 0.05) is 0 Å². The summed E-state index contributed by atoms with van der Waals surface area (Å²) in [6.45, 7) is 0. The minimum Gasteiger partial charge on any atom is -0.507 e. The summed E-state index contributed by atoms with van der Waals surface area (Å²) in [5.74, 6) is -0.582. The maximum absolute atomic E-state index is 11.9. The Morgan fingerprint density at radius 1 is 1.22 bits per heavy atom. The number of aromatic nitrogens is 2. The molecule has 0 spiro atoms. The number of nitrogens with one attached hydrogen (secondary N) is 1. The lowest BCUT2D eigenvalue weighted by Crippen LogP contribution is -2.13. The molecule has 18 heavy (non-hydrogen) atoms. The minimum atomic E-state index is -0.537. The molecule has 2 rings (SSSR count). The predicted molar refractivity (Wildman–Crippen MR) is 68.1 cm³/mol. The van der Waals surface area contributed by atoms with Crippen molar-refractivity contribution in [2.75, 3.05) is 5.32 Å². The average molecular weight is 284 g/mol. The standard InChI is InChI=1S/C11H7Cl2N3O2/c12-8-9(13)14-5-15-10(8)16-11(18)6-3-1-2-4-7(6)17/h1-5,17H,(H,14,15,16,18). The van der Waals surface area contributed by atoms with Crippen molar-refractivity contribution in [3.8, 4) is 5.75 Å². The Labute approximate surface area is 112 Å². The predicted octanol–water partition coefficient (Wildman–Crippen LogP) is 2.74. The SMILES string of the molecule is O=C(Nc1ncnc(Cl)c1Cl)c1ccccc1O. The molecule has 0 aliphatic rings. The van der Waals surface area contributed by atoms with Crippen LogP contribution in [0.25, 0.3) is 0 Å². The molecule has 0 saturated heterocycles. The first kappa shape index (κ1) is 12.6. The summed E-state index contributed by atoms with van der Waals surface area (Å²) in [5, 5.41) is 12.1. The van der Waals surface area contributed by atoms with Gasteiger partial charge in [-0.05, 0) is 12.1 Å². The molecule has 5 nitrogen and oxygen atoms in total. The Kier molecular flexibility index (Phi) is 3.64. The number of carbonyl (C=O) groups excluding carboxylic acids is 1. The molecule has 2 N–H and O–H groups in total. The fraction of sp³-hybridized carbons (Fsp3) is 0. The van der Waals surface area contributed by atoms with Crippen molar-refractivity contribution >= 4 is 34.9 Å². The fourth-order valence-electron chi connectivity index (χ4n) is 1.28. The van der Waals surface area contributed by atoms with E-state index in [1.807, 2.05) is 0 Å². The van der Waals surface area contributed by atoms with E-state index in [0.717, 1.165) is 0 Å². The van der Waals surface area contributed by atoms with E-state index in [9.17, 15) is 9.90 Å². The number of nitrogens with zero attached hydrogens (tertiary/aromatic N) is 2. The summed E-state index contributed by atoms with van der Waals surface area (Å²) in [5.41, 5.74) is 0.114. The summed E-state index contributed by atoms with van der Waals surface area (Å²) >= 11 is 11.5. The highest BCUT2D eigenvalue weighted by atomic mass is 35.5. The first-order valence-corrected chi connectivity index (χ1v) is 5.60. The third-order valence-corrected chi connectivity index (χ3v) is 2.87. The molecular formula is C11H7Cl2N3O2. The number of phenolic OH excluding ortho intramolecular Hbond substituents is 1. The van der Waals surface area contributed by atoms with Gasteiger partial charge in [-0.25, -0.2) is 9.97 Å². The van der Waals surface area contributed by atoms with Crippen LogP contribution in [0.1, 0.15) is 10.4 Å². The van der Waals surface area contributed by atoms with Crippen LogP contribution in [0.2, 0.25) is 10.2 Å².